The average molecular weight is 647 g/mol. The number of esters is 1. The van der Waals surface area contributed by atoms with Crippen LogP contribution >= 0.6 is 0 Å². The number of phenolic OH excluding ortho intramolecular Hbond substituents is 1. The molecule has 9 nitrogen and oxygen atoms in total. The number of Topliss-reactive ketones (excluding diaryl/α,β-unsaturated/α-hetero) is 1. The molecule has 1 saturated carbocycles. The number of halogens is 1. The SMILES string of the molecule is C=C(C)[C@@]12C[C@@H](C)C34OC(Cc5ccccc5)(OC1[C@@H]3C=C(COC(=O)Cc1cc(F)c(O)c(OC)c1)C[C@]1(O)C(=O)C(C)=C[C@@H]41)O2. The number of fused-ring (bicyclic) bond motifs is 2. The molecule has 3 fully saturated rings. The molecule has 2 aromatic carbocycles. The van der Waals surface area contributed by atoms with Gasteiger partial charge in [0.25, 0.3) is 5.97 Å². The van der Waals surface area contributed by atoms with Crippen LogP contribution in [0.2, 0.25) is 0 Å². The molecule has 2 saturated heterocycles. The molecule has 0 spiro atoms. The first-order valence-electron chi connectivity index (χ1n) is 15.9. The Kier molecular flexibility index (Phi) is 7.33. The van der Waals surface area contributed by atoms with Gasteiger partial charge in [-0.15, -0.1) is 0 Å². The highest BCUT2D eigenvalue weighted by Crippen LogP contribution is 2.68. The molecule has 3 aliphatic carbocycles. The van der Waals surface area contributed by atoms with Gasteiger partial charge in [-0.05, 0) is 66.2 Å². The van der Waals surface area contributed by atoms with E-state index in [4.69, 9.17) is 23.7 Å². The quantitative estimate of drug-likeness (QED) is 0.305. The predicted octanol–water partition coefficient (Wildman–Crippen LogP) is 4.88. The third-order valence-electron chi connectivity index (χ3n) is 10.8. The lowest BCUT2D eigenvalue weighted by atomic mass is 9.55. The smallest absolute Gasteiger partial charge is 0.310 e. The van der Waals surface area contributed by atoms with Crippen molar-refractivity contribution in [2.24, 2.45) is 17.8 Å². The Morgan fingerprint density at radius 2 is 1.89 bits per heavy atom. The van der Waals surface area contributed by atoms with Gasteiger partial charge < -0.3 is 33.9 Å². The normalized spacial score (nSPS) is 36.6. The zero-order valence-corrected chi connectivity index (χ0v) is 26.9. The molecule has 2 heterocycles. The van der Waals surface area contributed by atoms with Crippen LogP contribution in [0.1, 0.15) is 44.7 Å². The number of phenols is 1. The number of carbonyl (C=O) groups excluding carboxylic acids is 2. The fraction of sp³-hybridized carbons (Fsp3) is 0.459. The number of rotatable bonds is 8. The maximum Gasteiger partial charge on any atom is 0.310 e. The molecular weight excluding hydrogens is 607 g/mol. The van der Waals surface area contributed by atoms with Crippen LogP contribution in [-0.4, -0.2) is 64.6 Å². The van der Waals surface area contributed by atoms with Crippen molar-refractivity contribution in [3.63, 3.8) is 0 Å². The summed E-state index contributed by atoms with van der Waals surface area (Å²) in [5, 5.41) is 22.2. The maximum absolute atomic E-state index is 14.2. The van der Waals surface area contributed by atoms with E-state index in [2.05, 4.69) is 13.5 Å². The molecule has 8 atom stereocenters. The monoisotopic (exact) mass is 646 g/mol. The average Bonchev–Trinajstić information content (AvgIpc) is 3.33. The Morgan fingerprint density at radius 1 is 1.15 bits per heavy atom. The summed E-state index contributed by atoms with van der Waals surface area (Å²) in [6, 6.07) is 12.2. The molecule has 0 radical (unpaired) electrons. The molecule has 47 heavy (non-hydrogen) atoms. The second-order valence-corrected chi connectivity index (χ2v) is 13.8. The van der Waals surface area contributed by atoms with E-state index in [0.29, 0.717) is 24.0 Å². The fourth-order valence-corrected chi connectivity index (χ4v) is 8.76. The van der Waals surface area contributed by atoms with E-state index in [1.54, 1.807) is 6.92 Å². The van der Waals surface area contributed by atoms with E-state index in [1.165, 1.54) is 13.2 Å². The van der Waals surface area contributed by atoms with Gasteiger partial charge in [0, 0.05) is 18.3 Å². The van der Waals surface area contributed by atoms with Crippen molar-refractivity contribution in [3.05, 3.63) is 94.9 Å². The lowest BCUT2D eigenvalue weighted by Crippen LogP contribution is -2.70. The number of aliphatic hydroxyl groups is 1. The minimum absolute atomic E-state index is 0.0764. The molecule has 2 N–H and O–H groups in total. The Bertz CT molecular complexity index is 1730. The van der Waals surface area contributed by atoms with Crippen molar-refractivity contribution >= 4 is 11.8 Å². The maximum atomic E-state index is 14.2. The van der Waals surface area contributed by atoms with Crippen molar-refractivity contribution in [3.8, 4) is 11.5 Å². The number of aromatic hydroxyl groups is 1. The minimum atomic E-state index is -1.85. The summed E-state index contributed by atoms with van der Waals surface area (Å²) in [6.07, 6.45) is 3.64. The Morgan fingerprint density at radius 3 is 2.60 bits per heavy atom. The minimum Gasteiger partial charge on any atom is -0.502 e. The summed E-state index contributed by atoms with van der Waals surface area (Å²) < 4.78 is 45.7. The molecule has 0 aromatic heterocycles. The van der Waals surface area contributed by atoms with Gasteiger partial charge in [-0.25, -0.2) is 4.39 Å². The first-order valence-corrected chi connectivity index (χ1v) is 15.9. The highest BCUT2D eigenvalue weighted by molar-refractivity contribution is 6.04. The van der Waals surface area contributed by atoms with Crippen LogP contribution in [-0.2, 0) is 41.4 Å². The van der Waals surface area contributed by atoms with Crippen LogP contribution in [0.25, 0.3) is 0 Å². The molecule has 10 heteroatoms. The Hall–Kier alpha value is -3.83. The van der Waals surface area contributed by atoms with Gasteiger partial charge in [0.2, 0.25) is 0 Å². The number of ether oxygens (including phenoxy) is 5. The third-order valence-corrected chi connectivity index (χ3v) is 10.8. The Labute approximate surface area is 272 Å². The second-order valence-electron chi connectivity index (χ2n) is 13.8. The van der Waals surface area contributed by atoms with Crippen LogP contribution in [0.15, 0.2) is 77.9 Å². The lowest BCUT2D eigenvalue weighted by molar-refractivity contribution is -0.421. The van der Waals surface area contributed by atoms with E-state index in [-0.39, 0.29) is 36.7 Å². The van der Waals surface area contributed by atoms with Gasteiger partial charge in [0.15, 0.2) is 23.1 Å². The van der Waals surface area contributed by atoms with Crippen molar-refractivity contribution in [1.29, 1.82) is 0 Å². The summed E-state index contributed by atoms with van der Waals surface area (Å²) in [5.74, 6) is -5.64. The highest BCUT2D eigenvalue weighted by Gasteiger charge is 2.79. The molecule has 2 aromatic rings. The van der Waals surface area contributed by atoms with E-state index in [0.717, 1.165) is 17.2 Å². The second kappa shape index (κ2) is 10.8. The molecule has 3 bridgehead atoms. The summed E-state index contributed by atoms with van der Waals surface area (Å²) in [7, 11) is 1.28. The molecule has 2 aliphatic heterocycles. The van der Waals surface area contributed by atoms with Crippen LogP contribution < -0.4 is 4.74 Å². The summed E-state index contributed by atoms with van der Waals surface area (Å²) in [4.78, 5) is 26.8. The van der Waals surface area contributed by atoms with E-state index in [1.807, 2.05) is 49.4 Å². The summed E-state index contributed by atoms with van der Waals surface area (Å²) in [6.45, 7) is 9.78. The standard InChI is InChI=1S/C37H39FO9/c1-20(2)35-16-22(4)37-26(33(35)45-36(46-35,47-37)18-23-9-7-6-8-10-23)12-25(17-34(42)29(37)11-21(3)32(34)41)19-44-30(39)15-24-13-27(38)31(40)28(14-24)43-5/h6-14,22,26,29,33,40,42H,1,15-19H2,2-5H3/t22-,26+,29-,33?,34-,35+,36?,37?/m1/s1. The predicted molar refractivity (Wildman–Crippen MR) is 167 cm³/mol. The van der Waals surface area contributed by atoms with Gasteiger partial charge in [0.05, 0.1) is 25.6 Å². The number of hydrogen-bond acceptors (Lipinski definition) is 9. The molecule has 7 rings (SSSR count). The van der Waals surface area contributed by atoms with Crippen molar-refractivity contribution in [2.75, 3.05) is 13.7 Å². The zero-order valence-electron chi connectivity index (χ0n) is 26.9. The zero-order chi connectivity index (χ0) is 33.5. The fourth-order valence-electron chi connectivity index (χ4n) is 8.76. The highest BCUT2D eigenvalue weighted by atomic mass is 19.1. The Balaban J connectivity index is 1.26. The van der Waals surface area contributed by atoms with Crippen LogP contribution in [0.3, 0.4) is 0 Å². The van der Waals surface area contributed by atoms with Gasteiger partial charge in [-0.3, -0.25) is 9.59 Å². The van der Waals surface area contributed by atoms with Crippen molar-refractivity contribution < 1.29 is 47.9 Å². The number of benzene rings is 2. The number of carbonyl (C=O) groups is 2. The lowest BCUT2D eigenvalue weighted by Gasteiger charge is -2.59. The molecule has 0 amide bonds. The number of ketones is 1. The van der Waals surface area contributed by atoms with Crippen molar-refractivity contribution in [2.45, 2.75) is 75.3 Å². The van der Waals surface area contributed by atoms with Gasteiger partial charge in [-0.2, -0.15) is 0 Å². The van der Waals surface area contributed by atoms with Crippen molar-refractivity contribution in [1.82, 2.24) is 0 Å². The summed E-state index contributed by atoms with van der Waals surface area (Å²) >= 11 is 0. The largest absolute Gasteiger partial charge is 0.502 e. The first-order chi connectivity index (χ1) is 22.3. The number of hydrogen-bond donors (Lipinski definition) is 2. The molecule has 5 aliphatic rings. The van der Waals surface area contributed by atoms with Gasteiger partial charge in [0.1, 0.15) is 23.9 Å². The van der Waals surface area contributed by atoms with E-state index in [9.17, 15) is 24.2 Å². The molecular formula is C37H39FO9. The van der Waals surface area contributed by atoms with E-state index < -0.39 is 64.0 Å². The topological polar surface area (TPSA) is 121 Å². The summed E-state index contributed by atoms with van der Waals surface area (Å²) in [5.41, 5.74) is -0.896. The number of methoxy groups -OCH3 is 1. The van der Waals surface area contributed by atoms with Gasteiger partial charge in [-0.1, -0.05) is 56.0 Å². The third kappa shape index (κ3) is 4.63. The first kappa shape index (κ1) is 31.8. The van der Waals surface area contributed by atoms with Crippen LogP contribution in [0, 0.1) is 23.6 Å². The van der Waals surface area contributed by atoms with Crippen LogP contribution in [0.5, 0.6) is 11.5 Å². The van der Waals surface area contributed by atoms with Crippen LogP contribution in [0.4, 0.5) is 4.39 Å². The van der Waals surface area contributed by atoms with E-state index >= 15 is 0 Å². The molecule has 248 valence electrons. The van der Waals surface area contributed by atoms with Gasteiger partial charge >= 0.3 is 5.97 Å². The molecule has 3 unspecified atom stereocenters.